The molecule has 0 amide bonds. The maximum atomic E-state index is 12.9. The van der Waals surface area contributed by atoms with Gasteiger partial charge in [0.1, 0.15) is 22.9 Å². The highest BCUT2D eigenvalue weighted by atomic mass is 32.1. The fourth-order valence-corrected chi connectivity index (χ4v) is 3.27. The molecule has 8 heteroatoms. The zero-order valence-corrected chi connectivity index (χ0v) is 14.4. The number of halogens is 3. The number of fused-ring (bicyclic) bond motifs is 1. The van der Waals surface area contributed by atoms with Crippen molar-refractivity contribution in [3.8, 4) is 17.9 Å². The van der Waals surface area contributed by atoms with Crippen LogP contribution in [-0.4, -0.2) is 11.6 Å². The molecular weight excluding hydrogens is 375 g/mol. The second-order valence-corrected chi connectivity index (χ2v) is 6.38. The van der Waals surface area contributed by atoms with Gasteiger partial charge >= 0.3 is 6.18 Å². The Labute approximate surface area is 156 Å². The monoisotopic (exact) mass is 385 g/mol. The highest BCUT2D eigenvalue weighted by Gasteiger charge is 2.30. The number of para-hydroxylation sites is 1. The van der Waals surface area contributed by atoms with Gasteiger partial charge in [0.05, 0.1) is 21.4 Å². The van der Waals surface area contributed by atoms with Crippen molar-refractivity contribution >= 4 is 33.2 Å². The summed E-state index contributed by atoms with van der Waals surface area (Å²) in [4.78, 5) is 4.18. The molecule has 0 spiro atoms. The van der Waals surface area contributed by atoms with Crippen LogP contribution in [0.4, 0.5) is 13.2 Å². The summed E-state index contributed by atoms with van der Waals surface area (Å²) < 4.78 is 44.4. The fraction of sp³-hybridized carbons (Fsp3) is 0.105. The average molecular weight is 385 g/mol. The molecule has 0 fully saturated rings. The number of nitrogens with zero attached hydrogens (tertiary/aromatic N) is 3. The van der Waals surface area contributed by atoms with E-state index in [1.165, 1.54) is 12.1 Å². The van der Waals surface area contributed by atoms with E-state index in [1.807, 2.05) is 12.1 Å². The molecule has 0 bridgehead atoms. The van der Waals surface area contributed by atoms with Gasteiger partial charge in [0.2, 0.25) is 0 Å². The van der Waals surface area contributed by atoms with Gasteiger partial charge in [-0.25, -0.2) is 4.98 Å². The van der Waals surface area contributed by atoms with Crippen LogP contribution < -0.4 is 4.74 Å². The van der Waals surface area contributed by atoms with Crippen LogP contribution in [0.15, 0.2) is 42.5 Å². The first-order chi connectivity index (χ1) is 12.9. The maximum absolute atomic E-state index is 12.9. The number of thiazole rings is 1. The van der Waals surface area contributed by atoms with Crippen molar-refractivity contribution in [3.05, 3.63) is 58.6 Å². The topological polar surface area (TPSA) is 69.7 Å². The standard InChI is InChI=1S/C19H10F3N3OS/c20-19(21,22)14-5-6-17-15(10-14)25-18(27-17)13(11-24)9-12-3-1-2-4-16(12)26-8-7-23/h1-6,9-10H,8H2/b13-9+. The van der Waals surface area contributed by atoms with Crippen LogP contribution in [0.25, 0.3) is 21.9 Å². The molecule has 0 aliphatic heterocycles. The number of allylic oxidation sites excluding steroid dienone is 1. The minimum atomic E-state index is -4.46. The molecule has 1 heterocycles. The van der Waals surface area contributed by atoms with Crippen LogP contribution in [-0.2, 0) is 6.18 Å². The number of aromatic nitrogens is 1. The lowest BCUT2D eigenvalue weighted by Gasteiger charge is -2.05. The number of nitriles is 2. The SMILES string of the molecule is N#CCOc1ccccc1/C=C(\C#N)c1nc2cc(C(F)(F)F)ccc2s1. The van der Waals surface area contributed by atoms with E-state index in [-0.39, 0.29) is 17.7 Å². The van der Waals surface area contributed by atoms with E-state index in [0.717, 1.165) is 23.5 Å². The van der Waals surface area contributed by atoms with Crippen molar-refractivity contribution in [2.45, 2.75) is 6.18 Å². The van der Waals surface area contributed by atoms with Gasteiger partial charge in [-0.15, -0.1) is 11.3 Å². The number of hydrogen-bond acceptors (Lipinski definition) is 5. The molecule has 1 aromatic heterocycles. The van der Waals surface area contributed by atoms with Crippen LogP contribution >= 0.6 is 11.3 Å². The summed E-state index contributed by atoms with van der Waals surface area (Å²) in [5.74, 6) is 0.423. The van der Waals surface area contributed by atoms with Crippen molar-refractivity contribution in [1.29, 1.82) is 10.5 Å². The molecule has 3 aromatic rings. The Bertz CT molecular complexity index is 1100. The van der Waals surface area contributed by atoms with E-state index in [0.29, 0.717) is 21.0 Å². The third-order valence-electron chi connectivity index (χ3n) is 3.58. The molecule has 2 aromatic carbocycles. The van der Waals surface area contributed by atoms with E-state index in [1.54, 1.807) is 24.3 Å². The van der Waals surface area contributed by atoms with Gasteiger partial charge in [0.25, 0.3) is 0 Å². The van der Waals surface area contributed by atoms with Crippen molar-refractivity contribution in [2.24, 2.45) is 0 Å². The first kappa shape index (κ1) is 18.4. The van der Waals surface area contributed by atoms with Crippen molar-refractivity contribution in [2.75, 3.05) is 6.61 Å². The third-order valence-corrected chi connectivity index (χ3v) is 4.65. The Hall–Kier alpha value is -3.36. The molecular formula is C19H10F3N3OS. The first-order valence-corrected chi connectivity index (χ1v) is 8.43. The quantitative estimate of drug-likeness (QED) is 0.573. The molecule has 0 aliphatic carbocycles. The molecule has 0 N–H and O–H groups in total. The number of rotatable bonds is 4. The molecule has 3 rings (SSSR count). The van der Waals surface area contributed by atoms with Crippen LogP contribution in [0.2, 0.25) is 0 Å². The molecule has 134 valence electrons. The van der Waals surface area contributed by atoms with Crippen LogP contribution in [0.3, 0.4) is 0 Å². The van der Waals surface area contributed by atoms with E-state index in [2.05, 4.69) is 4.98 Å². The van der Waals surface area contributed by atoms with Crippen LogP contribution in [0.5, 0.6) is 5.75 Å². The number of benzene rings is 2. The summed E-state index contributed by atoms with van der Waals surface area (Å²) >= 11 is 1.13. The molecule has 0 radical (unpaired) electrons. The Morgan fingerprint density at radius 1 is 1.19 bits per heavy atom. The summed E-state index contributed by atoms with van der Waals surface area (Å²) in [7, 11) is 0. The average Bonchev–Trinajstić information content (AvgIpc) is 3.07. The zero-order chi connectivity index (χ0) is 19.4. The van der Waals surface area contributed by atoms with Gasteiger partial charge in [-0.2, -0.15) is 23.7 Å². The number of hydrogen-bond donors (Lipinski definition) is 0. The van der Waals surface area contributed by atoms with E-state index < -0.39 is 11.7 Å². The fourth-order valence-electron chi connectivity index (χ4n) is 2.36. The number of alkyl halides is 3. The molecule has 0 saturated carbocycles. The lowest BCUT2D eigenvalue weighted by molar-refractivity contribution is -0.137. The van der Waals surface area contributed by atoms with Gasteiger partial charge in [0, 0.05) is 5.56 Å². The largest absolute Gasteiger partial charge is 0.478 e. The zero-order valence-electron chi connectivity index (χ0n) is 13.6. The summed E-state index contributed by atoms with van der Waals surface area (Å²) in [6, 6.07) is 14.0. The normalized spacial score (nSPS) is 11.8. The second kappa shape index (κ2) is 7.48. The van der Waals surface area contributed by atoms with Crippen LogP contribution in [0, 0.1) is 22.7 Å². The smallest absolute Gasteiger partial charge is 0.416 e. The Morgan fingerprint density at radius 3 is 2.67 bits per heavy atom. The molecule has 4 nitrogen and oxygen atoms in total. The van der Waals surface area contributed by atoms with Gasteiger partial charge in [-0.05, 0) is 30.3 Å². The van der Waals surface area contributed by atoms with Crippen molar-refractivity contribution in [1.82, 2.24) is 4.98 Å². The van der Waals surface area contributed by atoms with Crippen molar-refractivity contribution < 1.29 is 17.9 Å². The summed E-state index contributed by atoms with van der Waals surface area (Å²) in [6.45, 7) is -0.145. The van der Waals surface area contributed by atoms with E-state index in [4.69, 9.17) is 10.00 Å². The highest BCUT2D eigenvalue weighted by molar-refractivity contribution is 7.19. The Kier molecular flexibility index (Phi) is 5.11. The predicted octanol–water partition coefficient (Wildman–Crippen LogP) is 5.28. The second-order valence-electron chi connectivity index (χ2n) is 5.35. The molecule has 0 unspecified atom stereocenters. The molecule has 0 aliphatic rings. The minimum absolute atomic E-state index is 0.145. The Morgan fingerprint density at radius 2 is 1.96 bits per heavy atom. The summed E-state index contributed by atoms with van der Waals surface area (Å²) in [5, 5.41) is 18.5. The van der Waals surface area contributed by atoms with E-state index in [9.17, 15) is 18.4 Å². The first-order valence-electron chi connectivity index (χ1n) is 7.61. The van der Waals surface area contributed by atoms with Gasteiger partial charge in [-0.1, -0.05) is 18.2 Å². The number of ether oxygens (including phenoxy) is 1. The molecule has 27 heavy (non-hydrogen) atoms. The summed E-state index contributed by atoms with van der Waals surface area (Å²) in [6.07, 6.45) is -2.92. The lowest BCUT2D eigenvalue weighted by Crippen LogP contribution is -2.03. The summed E-state index contributed by atoms with van der Waals surface area (Å²) in [5.41, 5.74) is 0.155. The van der Waals surface area contributed by atoms with Gasteiger partial charge in [0.15, 0.2) is 6.61 Å². The van der Waals surface area contributed by atoms with Gasteiger partial charge in [-0.3, -0.25) is 0 Å². The van der Waals surface area contributed by atoms with Crippen LogP contribution in [0.1, 0.15) is 16.1 Å². The van der Waals surface area contributed by atoms with Crippen molar-refractivity contribution in [3.63, 3.8) is 0 Å². The van der Waals surface area contributed by atoms with E-state index >= 15 is 0 Å². The third kappa shape index (κ3) is 4.08. The molecule has 0 saturated heterocycles. The highest BCUT2D eigenvalue weighted by Crippen LogP contribution is 2.35. The Balaban J connectivity index is 2.03. The molecule has 0 atom stereocenters. The van der Waals surface area contributed by atoms with Gasteiger partial charge < -0.3 is 4.74 Å². The minimum Gasteiger partial charge on any atom is -0.478 e. The lowest BCUT2D eigenvalue weighted by atomic mass is 10.1. The predicted molar refractivity (Wildman–Crippen MR) is 95.7 cm³/mol. The maximum Gasteiger partial charge on any atom is 0.416 e.